The summed E-state index contributed by atoms with van der Waals surface area (Å²) >= 11 is 0. The molecule has 6 heteroatoms. The van der Waals surface area contributed by atoms with Crippen LogP contribution in [0.1, 0.15) is 28.9 Å². The van der Waals surface area contributed by atoms with E-state index < -0.39 is 11.4 Å². The number of nitrogens with one attached hydrogen (secondary N) is 2. The van der Waals surface area contributed by atoms with Crippen molar-refractivity contribution in [3.63, 3.8) is 0 Å². The molecule has 4 aromatic rings. The summed E-state index contributed by atoms with van der Waals surface area (Å²) in [5, 5.41) is 2.94. The average Bonchev–Trinajstić information content (AvgIpc) is 3.30. The maximum Gasteiger partial charge on any atom is 0.255 e. The summed E-state index contributed by atoms with van der Waals surface area (Å²) in [6.07, 6.45) is 5.13. The Morgan fingerprint density at radius 3 is 2.63 bits per heavy atom. The minimum absolute atomic E-state index is 0.101. The normalized spacial score (nSPS) is 11.8. The second kappa shape index (κ2) is 8.21. The maximum atomic E-state index is 14.1. The summed E-state index contributed by atoms with van der Waals surface area (Å²) in [6, 6.07) is 18.3. The van der Waals surface area contributed by atoms with E-state index in [1.165, 1.54) is 30.5 Å². The number of amides is 1. The summed E-state index contributed by atoms with van der Waals surface area (Å²) < 4.78 is 15.3. The molecule has 0 spiro atoms. The van der Waals surface area contributed by atoms with Gasteiger partial charge in [-0.25, -0.2) is 4.39 Å². The van der Waals surface area contributed by atoms with Crippen LogP contribution in [0, 0.1) is 5.82 Å². The van der Waals surface area contributed by atoms with Gasteiger partial charge < -0.3 is 10.3 Å². The van der Waals surface area contributed by atoms with Crippen molar-refractivity contribution in [3.05, 3.63) is 113 Å². The largest absolute Gasteiger partial charge is 0.367 e. The quantitative estimate of drug-likeness (QED) is 0.518. The van der Waals surface area contributed by atoms with Crippen LogP contribution in [0.25, 0.3) is 16.8 Å². The summed E-state index contributed by atoms with van der Waals surface area (Å²) in [4.78, 5) is 28.0. The van der Waals surface area contributed by atoms with Gasteiger partial charge in [0, 0.05) is 24.7 Å². The van der Waals surface area contributed by atoms with Gasteiger partial charge in [-0.05, 0) is 53.9 Å². The number of para-hydroxylation sites is 1. The van der Waals surface area contributed by atoms with Gasteiger partial charge >= 0.3 is 0 Å². The van der Waals surface area contributed by atoms with Crippen molar-refractivity contribution in [1.82, 2.24) is 14.9 Å². The highest BCUT2D eigenvalue weighted by atomic mass is 19.1. The summed E-state index contributed by atoms with van der Waals surface area (Å²) in [5.74, 6) is -0.883. The first-order valence-corrected chi connectivity index (χ1v) is 9.54. The Balaban J connectivity index is 1.57. The van der Waals surface area contributed by atoms with Crippen LogP contribution in [-0.4, -0.2) is 15.5 Å². The van der Waals surface area contributed by atoms with E-state index in [-0.39, 0.29) is 23.2 Å². The maximum absolute atomic E-state index is 14.1. The Kier molecular flexibility index (Phi) is 5.30. The molecule has 0 saturated heterocycles. The van der Waals surface area contributed by atoms with E-state index in [1.807, 2.05) is 49.6 Å². The molecular weight excluding hydrogens is 381 g/mol. The molecule has 150 valence electrons. The van der Waals surface area contributed by atoms with Crippen LogP contribution >= 0.6 is 0 Å². The zero-order valence-electron chi connectivity index (χ0n) is 16.3. The fourth-order valence-corrected chi connectivity index (χ4v) is 3.31. The molecule has 2 heterocycles. The van der Waals surface area contributed by atoms with Gasteiger partial charge in [-0.2, -0.15) is 0 Å². The van der Waals surface area contributed by atoms with Crippen molar-refractivity contribution in [2.75, 3.05) is 0 Å². The van der Waals surface area contributed by atoms with Gasteiger partial charge in [-0.3, -0.25) is 14.2 Å². The molecule has 0 saturated carbocycles. The van der Waals surface area contributed by atoms with Crippen molar-refractivity contribution >= 4 is 5.91 Å². The highest BCUT2D eigenvalue weighted by Gasteiger charge is 2.15. The number of carbonyl (C=O) groups is 1. The molecule has 0 aliphatic heterocycles. The second-order valence-corrected chi connectivity index (χ2v) is 7.00. The molecule has 0 fully saturated rings. The average molecular weight is 401 g/mol. The fourth-order valence-electron chi connectivity index (χ4n) is 3.31. The number of aromatic amines is 1. The number of pyridine rings is 1. The highest BCUT2D eigenvalue weighted by molar-refractivity contribution is 5.94. The van der Waals surface area contributed by atoms with Gasteiger partial charge in [0.05, 0.1) is 17.3 Å². The number of carbonyl (C=O) groups excluding carboxylic acids is 1. The molecule has 2 aromatic carbocycles. The summed E-state index contributed by atoms with van der Waals surface area (Å²) in [6.45, 7) is 1.89. The third-order valence-electron chi connectivity index (χ3n) is 4.95. The monoisotopic (exact) mass is 401 g/mol. The fraction of sp³-hybridized carbons (Fsp3) is 0.0833. The minimum atomic E-state index is -0.535. The van der Waals surface area contributed by atoms with E-state index in [0.29, 0.717) is 0 Å². The lowest BCUT2D eigenvalue weighted by Crippen LogP contribution is -2.28. The lowest BCUT2D eigenvalue weighted by Gasteiger charge is -2.16. The Morgan fingerprint density at radius 2 is 1.87 bits per heavy atom. The molecule has 1 atom stereocenters. The third kappa shape index (κ3) is 3.93. The third-order valence-corrected chi connectivity index (χ3v) is 4.95. The molecule has 0 aliphatic carbocycles. The molecule has 1 amide bonds. The van der Waals surface area contributed by atoms with Gasteiger partial charge in [0.1, 0.15) is 5.82 Å². The summed E-state index contributed by atoms with van der Waals surface area (Å²) in [5.41, 5.74) is 3.01. The number of H-pyrrole nitrogens is 1. The van der Waals surface area contributed by atoms with Crippen molar-refractivity contribution < 1.29 is 9.18 Å². The van der Waals surface area contributed by atoms with Crippen LogP contribution in [0.15, 0.2) is 90.1 Å². The molecule has 0 bridgehead atoms. The molecule has 0 unspecified atom stereocenters. The predicted molar refractivity (Wildman–Crippen MR) is 114 cm³/mol. The molecule has 0 aliphatic rings. The Morgan fingerprint density at radius 1 is 1.03 bits per heavy atom. The first-order valence-electron chi connectivity index (χ1n) is 9.54. The molecule has 30 heavy (non-hydrogen) atoms. The number of benzene rings is 2. The number of hydrogen-bond acceptors (Lipinski definition) is 2. The van der Waals surface area contributed by atoms with E-state index in [9.17, 15) is 14.0 Å². The lowest BCUT2D eigenvalue weighted by molar-refractivity contribution is 0.0939. The van der Waals surface area contributed by atoms with Crippen LogP contribution in [0.4, 0.5) is 4.39 Å². The highest BCUT2D eigenvalue weighted by Crippen LogP contribution is 2.23. The zero-order valence-corrected chi connectivity index (χ0v) is 16.3. The first-order chi connectivity index (χ1) is 14.5. The number of rotatable bonds is 5. The van der Waals surface area contributed by atoms with Crippen LogP contribution in [0.2, 0.25) is 0 Å². The predicted octanol–water partition coefficient (Wildman–Crippen LogP) is 4.46. The van der Waals surface area contributed by atoms with Crippen molar-refractivity contribution in [2.45, 2.75) is 13.0 Å². The standard InChI is InChI=1S/C24H20FN3O2/c1-16(17-5-4-6-18(13-17)19-11-12-26-14-19)27-24(30)20-9-10-23(29)28(15-20)22-8-3-2-7-21(22)25/h2-16,26H,1H3,(H,27,30)/t16-/m1/s1. The summed E-state index contributed by atoms with van der Waals surface area (Å²) in [7, 11) is 0. The SMILES string of the molecule is C[C@@H](NC(=O)c1ccc(=O)n(-c2ccccc2F)c1)c1cccc(-c2cc[nH]c2)c1. The minimum Gasteiger partial charge on any atom is -0.367 e. The molecule has 4 rings (SSSR count). The van der Waals surface area contributed by atoms with Crippen LogP contribution in [-0.2, 0) is 0 Å². The van der Waals surface area contributed by atoms with E-state index in [2.05, 4.69) is 10.3 Å². The van der Waals surface area contributed by atoms with Crippen LogP contribution in [0.5, 0.6) is 0 Å². The second-order valence-electron chi connectivity index (χ2n) is 7.00. The van der Waals surface area contributed by atoms with Gasteiger partial charge in [0.25, 0.3) is 11.5 Å². The number of hydrogen-bond donors (Lipinski definition) is 2. The van der Waals surface area contributed by atoms with E-state index in [4.69, 9.17) is 0 Å². The van der Waals surface area contributed by atoms with E-state index in [0.717, 1.165) is 21.3 Å². The van der Waals surface area contributed by atoms with Gasteiger partial charge in [0.15, 0.2) is 0 Å². The number of halogens is 1. The van der Waals surface area contributed by atoms with Crippen molar-refractivity contribution in [1.29, 1.82) is 0 Å². The first kappa shape index (κ1) is 19.4. The molecule has 0 radical (unpaired) electrons. The number of nitrogens with zero attached hydrogens (tertiary/aromatic N) is 1. The van der Waals surface area contributed by atoms with Crippen molar-refractivity contribution in [3.8, 4) is 16.8 Å². The van der Waals surface area contributed by atoms with E-state index >= 15 is 0 Å². The molecule has 2 aromatic heterocycles. The number of aromatic nitrogens is 2. The molecule has 5 nitrogen and oxygen atoms in total. The lowest BCUT2D eigenvalue weighted by atomic mass is 10.0. The van der Waals surface area contributed by atoms with Gasteiger partial charge in [0.2, 0.25) is 0 Å². The van der Waals surface area contributed by atoms with E-state index in [1.54, 1.807) is 12.1 Å². The molecular formula is C24H20FN3O2. The van der Waals surface area contributed by atoms with Gasteiger partial charge in [-0.15, -0.1) is 0 Å². The Hall–Kier alpha value is -3.93. The topological polar surface area (TPSA) is 66.9 Å². The Labute approximate surface area is 172 Å². The van der Waals surface area contributed by atoms with Crippen LogP contribution in [0.3, 0.4) is 0 Å². The smallest absolute Gasteiger partial charge is 0.255 e. The van der Waals surface area contributed by atoms with Crippen LogP contribution < -0.4 is 10.9 Å². The van der Waals surface area contributed by atoms with Gasteiger partial charge in [-0.1, -0.05) is 30.3 Å². The van der Waals surface area contributed by atoms with Crippen molar-refractivity contribution in [2.24, 2.45) is 0 Å². The molecule has 2 N–H and O–H groups in total. The Bertz CT molecular complexity index is 1250. The zero-order chi connectivity index (χ0) is 21.1.